The number of rotatable bonds is 7. The molecule has 0 spiro atoms. The molecule has 0 radical (unpaired) electrons. The molecule has 1 rings (SSSR count). The van der Waals surface area contributed by atoms with Crippen molar-refractivity contribution in [2.24, 2.45) is 16.2 Å². The SMILES string of the molecule is CO[C@H]1OC(CO[Si](C)(C)C(C)(C)C)[C@H](OC(=O)C(C)(C)C)[C@@H](OC(=O)C(C)(C)C)C1OC(=O)C(C)(C)C. The summed E-state index contributed by atoms with van der Waals surface area (Å²) in [5.41, 5.74) is -2.57. The van der Waals surface area contributed by atoms with Crippen molar-refractivity contribution in [3.05, 3.63) is 0 Å². The first kappa shape index (κ1) is 34.5. The quantitative estimate of drug-likeness (QED) is 0.234. The maximum absolute atomic E-state index is 13.1. The number of carbonyl (C=O) groups is 3. The number of hydrogen-bond donors (Lipinski definition) is 0. The van der Waals surface area contributed by atoms with Crippen molar-refractivity contribution >= 4 is 26.2 Å². The van der Waals surface area contributed by atoms with Gasteiger partial charge >= 0.3 is 17.9 Å². The first-order valence-corrected chi connectivity index (χ1v) is 16.2. The lowest BCUT2D eigenvalue weighted by Crippen LogP contribution is -2.64. The van der Waals surface area contributed by atoms with Crippen LogP contribution >= 0.6 is 0 Å². The maximum Gasteiger partial charge on any atom is 0.311 e. The molecule has 5 atom stereocenters. The lowest BCUT2D eigenvalue weighted by Gasteiger charge is -2.46. The van der Waals surface area contributed by atoms with E-state index in [1.807, 2.05) is 0 Å². The molecule has 0 N–H and O–H groups in total. The van der Waals surface area contributed by atoms with Crippen molar-refractivity contribution < 1.29 is 42.5 Å². The van der Waals surface area contributed by atoms with E-state index >= 15 is 0 Å². The highest BCUT2D eigenvalue weighted by atomic mass is 28.4. The molecule has 1 aliphatic rings. The van der Waals surface area contributed by atoms with Gasteiger partial charge in [0.25, 0.3) is 0 Å². The highest BCUT2D eigenvalue weighted by Crippen LogP contribution is 2.38. The van der Waals surface area contributed by atoms with Gasteiger partial charge < -0.3 is 28.1 Å². The van der Waals surface area contributed by atoms with Crippen molar-refractivity contribution in [1.29, 1.82) is 0 Å². The number of carbonyl (C=O) groups excluding carboxylic acids is 3. The number of ether oxygens (including phenoxy) is 5. The summed E-state index contributed by atoms with van der Waals surface area (Å²) in [5, 5.41) is -0.0806. The average Bonchev–Trinajstić information content (AvgIpc) is 2.71. The van der Waals surface area contributed by atoms with Crippen molar-refractivity contribution in [2.45, 2.75) is 132 Å². The minimum Gasteiger partial charge on any atom is -0.455 e. The molecule has 38 heavy (non-hydrogen) atoms. The molecular formula is C28H52O9Si. The van der Waals surface area contributed by atoms with Crippen LogP contribution in [0.1, 0.15) is 83.1 Å². The average molecular weight is 561 g/mol. The summed E-state index contributed by atoms with van der Waals surface area (Å²) in [6, 6.07) is 0. The molecule has 1 aliphatic heterocycles. The summed E-state index contributed by atoms with van der Waals surface area (Å²) < 4.78 is 36.0. The van der Waals surface area contributed by atoms with E-state index in [1.165, 1.54) is 7.11 Å². The van der Waals surface area contributed by atoms with Gasteiger partial charge in [-0.25, -0.2) is 0 Å². The minimum atomic E-state index is -2.23. The van der Waals surface area contributed by atoms with E-state index in [0.29, 0.717) is 0 Å². The zero-order valence-corrected chi connectivity index (χ0v) is 27.3. The third-order valence-electron chi connectivity index (χ3n) is 6.80. The normalized spacial score (nSPS) is 25.5. The zero-order valence-electron chi connectivity index (χ0n) is 26.3. The summed E-state index contributed by atoms with van der Waals surface area (Å²) in [7, 11) is -0.819. The Bertz CT molecular complexity index is 840. The van der Waals surface area contributed by atoms with Crippen LogP contribution in [0.3, 0.4) is 0 Å². The second-order valence-electron chi connectivity index (χ2n) is 14.7. The monoisotopic (exact) mass is 560 g/mol. The highest BCUT2D eigenvalue weighted by Gasteiger charge is 2.55. The van der Waals surface area contributed by atoms with Gasteiger partial charge in [-0.2, -0.15) is 0 Å². The summed E-state index contributed by atoms with van der Waals surface area (Å²) >= 11 is 0. The summed E-state index contributed by atoms with van der Waals surface area (Å²) in [5.74, 6) is -1.60. The van der Waals surface area contributed by atoms with Gasteiger partial charge in [-0.15, -0.1) is 0 Å². The molecule has 0 amide bonds. The largest absolute Gasteiger partial charge is 0.455 e. The van der Waals surface area contributed by atoms with E-state index in [2.05, 4.69) is 33.9 Å². The van der Waals surface area contributed by atoms with Gasteiger partial charge in [-0.1, -0.05) is 20.8 Å². The van der Waals surface area contributed by atoms with Crippen molar-refractivity contribution in [3.63, 3.8) is 0 Å². The summed E-state index contributed by atoms with van der Waals surface area (Å²) in [6.07, 6.45) is -5.41. The molecule has 2 unspecified atom stereocenters. The molecule has 0 aromatic heterocycles. The van der Waals surface area contributed by atoms with Gasteiger partial charge in [-0.3, -0.25) is 14.4 Å². The molecule has 9 nitrogen and oxygen atoms in total. The Kier molecular flexibility index (Phi) is 10.9. The third-order valence-corrected chi connectivity index (χ3v) is 11.3. The van der Waals surface area contributed by atoms with E-state index in [0.717, 1.165) is 0 Å². The summed E-state index contributed by atoms with van der Waals surface area (Å²) in [6.45, 7) is 26.1. The molecular weight excluding hydrogens is 508 g/mol. The fraction of sp³-hybridized carbons (Fsp3) is 0.893. The van der Waals surface area contributed by atoms with Gasteiger partial charge in [0.15, 0.2) is 32.9 Å². The van der Waals surface area contributed by atoms with Crippen molar-refractivity contribution in [1.82, 2.24) is 0 Å². The first-order valence-electron chi connectivity index (χ1n) is 13.3. The van der Waals surface area contributed by atoms with Crippen molar-refractivity contribution in [2.75, 3.05) is 13.7 Å². The number of methoxy groups -OCH3 is 1. The van der Waals surface area contributed by atoms with Gasteiger partial charge in [0, 0.05) is 7.11 Å². The second-order valence-corrected chi connectivity index (χ2v) is 19.5. The molecule has 1 fully saturated rings. The van der Waals surface area contributed by atoms with Crippen LogP contribution in [-0.2, 0) is 42.5 Å². The first-order chi connectivity index (χ1) is 16.8. The summed E-state index contributed by atoms with van der Waals surface area (Å²) in [4.78, 5) is 39.2. The Labute approximate surface area is 230 Å². The van der Waals surface area contributed by atoms with Crippen LogP contribution < -0.4 is 0 Å². The molecule has 0 aromatic carbocycles. The van der Waals surface area contributed by atoms with Gasteiger partial charge in [-0.05, 0) is 80.4 Å². The third kappa shape index (κ3) is 9.03. The van der Waals surface area contributed by atoms with Crippen LogP contribution in [0.5, 0.6) is 0 Å². The Balaban J connectivity index is 3.62. The Morgan fingerprint density at radius 3 is 1.37 bits per heavy atom. The Morgan fingerprint density at radius 2 is 1.03 bits per heavy atom. The fourth-order valence-corrected chi connectivity index (χ4v) is 4.03. The van der Waals surface area contributed by atoms with E-state index in [4.69, 9.17) is 28.1 Å². The molecule has 1 heterocycles. The topological polar surface area (TPSA) is 107 Å². The molecule has 0 aromatic rings. The van der Waals surface area contributed by atoms with Crippen LogP contribution in [0, 0.1) is 16.2 Å². The molecule has 0 bridgehead atoms. The van der Waals surface area contributed by atoms with E-state index in [9.17, 15) is 14.4 Å². The van der Waals surface area contributed by atoms with E-state index < -0.39 is 73.2 Å². The highest BCUT2D eigenvalue weighted by molar-refractivity contribution is 6.74. The van der Waals surface area contributed by atoms with Crippen molar-refractivity contribution in [3.8, 4) is 0 Å². The van der Waals surface area contributed by atoms with E-state index in [-0.39, 0.29) is 11.6 Å². The Hall–Kier alpha value is -1.49. The van der Waals surface area contributed by atoms with Crippen LogP contribution in [0.2, 0.25) is 18.1 Å². The number of esters is 3. The molecule has 0 saturated carbocycles. The van der Waals surface area contributed by atoms with Gasteiger partial charge in [0.1, 0.15) is 6.10 Å². The fourth-order valence-electron chi connectivity index (χ4n) is 3.01. The van der Waals surface area contributed by atoms with E-state index in [1.54, 1.807) is 62.3 Å². The smallest absolute Gasteiger partial charge is 0.311 e. The van der Waals surface area contributed by atoms with Crippen LogP contribution in [-0.4, -0.2) is 70.6 Å². The molecule has 10 heteroatoms. The van der Waals surface area contributed by atoms with Crippen LogP contribution in [0.15, 0.2) is 0 Å². The predicted octanol–water partition coefficient (Wildman–Crippen LogP) is 5.25. The van der Waals surface area contributed by atoms with Crippen LogP contribution in [0.4, 0.5) is 0 Å². The second kappa shape index (κ2) is 11.9. The van der Waals surface area contributed by atoms with Gasteiger partial charge in [0.2, 0.25) is 0 Å². The minimum absolute atomic E-state index is 0.0714. The standard InChI is InChI=1S/C28H52O9Si/c1-25(2,3)22(29)35-18-17(16-33-38(14,15)28(10,11)12)34-21(32-13)20(37-24(31)27(7,8)9)19(18)36-23(30)26(4,5)6/h17-21H,16H2,1-15H3/t17?,18-,19+,20?,21-/m0/s1. The lowest BCUT2D eigenvalue weighted by atomic mass is 9.93. The molecule has 1 saturated heterocycles. The Morgan fingerprint density at radius 1 is 0.658 bits per heavy atom. The molecule has 0 aliphatic carbocycles. The van der Waals surface area contributed by atoms with Crippen LogP contribution in [0.25, 0.3) is 0 Å². The predicted molar refractivity (Wildman–Crippen MR) is 147 cm³/mol. The maximum atomic E-state index is 13.1. The van der Waals surface area contributed by atoms with Gasteiger partial charge in [0.05, 0.1) is 22.9 Å². The zero-order chi connectivity index (χ0) is 30.1. The lowest BCUT2D eigenvalue weighted by molar-refractivity contribution is -0.305. The number of hydrogen-bond acceptors (Lipinski definition) is 9. The molecule has 222 valence electrons.